The van der Waals surface area contributed by atoms with Gasteiger partial charge in [-0.25, -0.2) is 8.42 Å². The lowest BCUT2D eigenvalue weighted by Crippen LogP contribution is -2.46. The highest BCUT2D eigenvalue weighted by molar-refractivity contribution is 7.91. The Labute approximate surface area is 157 Å². The molecular formula is C20H30N2O3S. The first kappa shape index (κ1) is 19.4. The number of rotatable bonds is 7. The summed E-state index contributed by atoms with van der Waals surface area (Å²) in [6, 6.07) is 5.71. The summed E-state index contributed by atoms with van der Waals surface area (Å²) in [6.07, 6.45) is 5.96. The molecule has 1 fully saturated rings. The third-order valence-corrected chi connectivity index (χ3v) is 7.26. The Bertz CT molecular complexity index is 739. The van der Waals surface area contributed by atoms with Gasteiger partial charge in [0.1, 0.15) is 0 Å². The fraction of sp³-hybridized carbons (Fsp3) is 0.650. The first-order chi connectivity index (χ1) is 12.5. The van der Waals surface area contributed by atoms with Crippen molar-refractivity contribution in [3.8, 4) is 0 Å². The molecular weight excluding hydrogens is 348 g/mol. The van der Waals surface area contributed by atoms with Crippen LogP contribution in [0.5, 0.6) is 0 Å². The van der Waals surface area contributed by atoms with Crippen LogP contribution >= 0.6 is 0 Å². The average molecular weight is 379 g/mol. The van der Waals surface area contributed by atoms with Crippen molar-refractivity contribution in [2.24, 2.45) is 0 Å². The van der Waals surface area contributed by atoms with Gasteiger partial charge in [-0.05, 0) is 74.9 Å². The molecule has 0 atom stereocenters. The SMILES string of the molecule is CCCN(C(=O)CCS(=O)(=O)c1ccc2c(c1)CCC2)C1CCNCC1. The van der Waals surface area contributed by atoms with E-state index in [1.165, 1.54) is 5.56 Å². The molecule has 1 N–H and O–H groups in total. The highest BCUT2D eigenvalue weighted by Crippen LogP contribution is 2.25. The second kappa shape index (κ2) is 8.53. The van der Waals surface area contributed by atoms with E-state index in [4.69, 9.17) is 0 Å². The van der Waals surface area contributed by atoms with Crippen molar-refractivity contribution >= 4 is 15.7 Å². The Morgan fingerprint density at radius 1 is 1.19 bits per heavy atom. The van der Waals surface area contributed by atoms with E-state index in [1.807, 2.05) is 17.0 Å². The van der Waals surface area contributed by atoms with Gasteiger partial charge in [-0.3, -0.25) is 4.79 Å². The molecule has 144 valence electrons. The van der Waals surface area contributed by atoms with Crippen LogP contribution in [0.2, 0.25) is 0 Å². The highest BCUT2D eigenvalue weighted by Gasteiger charge is 2.26. The van der Waals surface area contributed by atoms with Crippen LogP contribution in [0.4, 0.5) is 0 Å². The van der Waals surface area contributed by atoms with Crippen molar-refractivity contribution in [3.05, 3.63) is 29.3 Å². The minimum atomic E-state index is -3.42. The van der Waals surface area contributed by atoms with Crippen molar-refractivity contribution in [3.63, 3.8) is 0 Å². The zero-order chi connectivity index (χ0) is 18.6. The van der Waals surface area contributed by atoms with E-state index in [2.05, 4.69) is 12.2 Å². The summed E-state index contributed by atoms with van der Waals surface area (Å²) in [6.45, 7) is 4.61. The van der Waals surface area contributed by atoms with E-state index in [-0.39, 0.29) is 24.1 Å². The molecule has 5 nitrogen and oxygen atoms in total. The lowest BCUT2D eigenvalue weighted by Gasteiger charge is -2.34. The Balaban J connectivity index is 1.64. The summed E-state index contributed by atoms with van der Waals surface area (Å²) in [5, 5.41) is 3.31. The molecule has 0 spiro atoms. The number of nitrogens with one attached hydrogen (secondary N) is 1. The van der Waals surface area contributed by atoms with Crippen LogP contribution in [0.1, 0.15) is 50.2 Å². The molecule has 1 aromatic carbocycles. The minimum Gasteiger partial charge on any atom is -0.340 e. The maximum atomic E-state index is 12.7. The second-order valence-corrected chi connectivity index (χ2v) is 9.53. The number of hydrogen-bond donors (Lipinski definition) is 1. The van der Waals surface area contributed by atoms with Crippen LogP contribution in [0, 0.1) is 0 Å². The van der Waals surface area contributed by atoms with Crippen LogP contribution in [0.25, 0.3) is 0 Å². The van der Waals surface area contributed by atoms with E-state index < -0.39 is 9.84 Å². The molecule has 1 saturated heterocycles. The quantitative estimate of drug-likeness (QED) is 0.791. The molecule has 0 saturated carbocycles. The third-order valence-electron chi connectivity index (χ3n) is 5.55. The van der Waals surface area contributed by atoms with Crippen LogP contribution in [0.15, 0.2) is 23.1 Å². The predicted octanol–water partition coefficient (Wildman–Crippen LogP) is 2.33. The van der Waals surface area contributed by atoms with E-state index >= 15 is 0 Å². The van der Waals surface area contributed by atoms with Crippen LogP contribution in [-0.4, -0.2) is 50.7 Å². The second-order valence-electron chi connectivity index (χ2n) is 7.42. The molecule has 1 aliphatic carbocycles. The number of fused-ring (bicyclic) bond motifs is 1. The molecule has 0 bridgehead atoms. The summed E-state index contributed by atoms with van der Waals surface area (Å²) in [7, 11) is -3.42. The van der Waals surface area contributed by atoms with Crippen LogP contribution < -0.4 is 5.32 Å². The van der Waals surface area contributed by atoms with Gasteiger partial charge in [0.15, 0.2) is 9.84 Å². The smallest absolute Gasteiger partial charge is 0.223 e. The van der Waals surface area contributed by atoms with Crippen molar-refractivity contribution in [2.45, 2.75) is 62.8 Å². The number of carbonyl (C=O) groups is 1. The molecule has 1 aromatic rings. The number of carbonyl (C=O) groups excluding carboxylic acids is 1. The summed E-state index contributed by atoms with van der Waals surface area (Å²) in [5.74, 6) is -0.126. The molecule has 1 amide bonds. The molecule has 2 aliphatic rings. The van der Waals surface area contributed by atoms with Gasteiger partial charge in [0.25, 0.3) is 0 Å². The number of hydrogen-bond acceptors (Lipinski definition) is 4. The number of nitrogens with zero attached hydrogens (tertiary/aromatic N) is 1. The van der Waals surface area contributed by atoms with Gasteiger partial charge >= 0.3 is 0 Å². The summed E-state index contributed by atoms with van der Waals surface area (Å²) in [5.41, 5.74) is 2.42. The van der Waals surface area contributed by atoms with Crippen molar-refractivity contribution in [1.82, 2.24) is 10.2 Å². The summed E-state index contributed by atoms with van der Waals surface area (Å²) < 4.78 is 25.4. The normalized spacial score (nSPS) is 17.9. The molecule has 26 heavy (non-hydrogen) atoms. The zero-order valence-electron chi connectivity index (χ0n) is 15.7. The van der Waals surface area contributed by atoms with Gasteiger partial charge in [0.2, 0.25) is 5.91 Å². The van der Waals surface area contributed by atoms with Gasteiger partial charge in [0.05, 0.1) is 10.6 Å². The minimum absolute atomic E-state index is 0.0246. The Morgan fingerprint density at radius 2 is 1.92 bits per heavy atom. The van der Waals surface area contributed by atoms with E-state index in [0.29, 0.717) is 11.4 Å². The van der Waals surface area contributed by atoms with Crippen LogP contribution in [0.3, 0.4) is 0 Å². The lowest BCUT2D eigenvalue weighted by molar-refractivity contribution is -0.133. The van der Waals surface area contributed by atoms with Gasteiger partial charge in [-0.1, -0.05) is 13.0 Å². The topological polar surface area (TPSA) is 66.5 Å². The molecule has 1 aliphatic heterocycles. The van der Waals surface area contributed by atoms with E-state index in [1.54, 1.807) is 6.07 Å². The van der Waals surface area contributed by atoms with Crippen molar-refractivity contribution in [1.29, 1.82) is 0 Å². The number of sulfone groups is 1. The Morgan fingerprint density at radius 3 is 2.65 bits per heavy atom. The number of benzene rings is 1. The zero-order valence-corrected chi connectivity index (χ0v) is 16.5. The molecule has 0 radical (unpaired) electrons. The van der Waals surface area contributed by atoms with Gasteiger partial charge in [-0.2, -0.15) is 0 Å². The first-order valence-electron chi connectivity index (χ1n) is 9.86. The fourth-order valence-corrected chi connectivity index (χ4v) is 5.37. The number of amides is 1. The third kappa shape index (κ3) is 4.46. The van der Waals surface area contributed by atoms with Gasteiger partial charge < -0.3 is 10.2 Å². The Hall–Kier alpha value is -1.40. The van der Waals surface area contributed by atoms with Crippen molar-refractivity contribution < 1.29 is 13.2 Å². The monoisotopic (exact) mass is 378 g/mol. The highest BCUT2D eigenvalue weighted by atomic mass is 32.2. The summed E-state index contributed by atoms with van der Waals surface area (Å²) in [4.78, 5) is 15.0. The molecule has 0 unspecified atom stereocenters. The predicted molar refractivity (Wildman–Crippen MR) is 103 cm³/mol. The fourth-order valence-electron chi connectivity index (χ4n) is 4.09. The Kier molecular flexibility index (Phi) is 6.35. The largest absolute Gasteiger partial charge is 0.340 e. The first-order valence-corrected chi connectivity index (χ1v) is 11.5. The number of aryl methyl sites for hydroxylation is 2. The molecule has 1 heterocycles. The van der Waals surface area contributed by atoms with E-state index in [9.17, 15) is 13.2 Å². The van der Waals surface area contributed by atoms with Gasteiger partial charge in [0, 0.05) is 19.0 Å². The standard InChI is InChI=1S/C20H30N2O3S/c1-2-13-22(18-8-11-21-12-9-18)20(23)10-14-26(24,25)19-7-6-16-4-3-5-17(16)15-19/h6-7,15,18,21H,2-5,8-14H2,1H3. The van der Waals surface area contributed by atoms with Crippen molar-refractivity contribution in [2.75, 3.05) is 25.4 Å². The van der Waals surface area contributed by atoms with Gasteiger partial charge in [-0.15, -0.1) is 0 Å². The number of piperidine rings is 1. The maximum Gasteiger partial charge on any atom is 0.223 e. The maximum absolute atomic E-state index is 12.7. The lowest BCUT2D eigenvalue weighted by atomic mass is 10.0. The van der Waals surface area contributed by atoms with E-state index in [0.717, 1.165) is 57.2 Å². The molecule has 6 heteroatoms. The molecule has 3 rings (SSSR count). The summed E-state index contributed by atoms with van der Waals surface area (Å²) >= 11 is 0. The van der Waals surface area contributed by atoms with Crippen LogP contribution in [-0.2, 0) is 27.5 Å². The molecule has 0 aromatic heterocycles. The average Bonchev–Trinajstić information content (AvgIpc) is 3.13.